The molecule has 2 amide bonds. The van der Waals surface area contributed by atoms with E-state index >= 15 is 0 Å². The number of nitrogens with one attached hydrogen (secondary N) is 1. The summed E-state index contributed by atoms with van der Waals surface area (Å²) in [4.78, 5) is 32.5. The third-order valence-corrected chi connectivity index (χ3v) is 9.13. The average Bonchev–Trinajstić information content (AvgIpc) is 3.41. The third kappa shape index (κ3) is 9.18. The average molecular weight is 653 g/mol. The summed E-state index contributed by atoms with van der Waals surface area (Å²) in [6, 6.07) is 22.0. The molecule has 0 radical (unpaired) electrons. The van der Waals surface area contributed by atoms with Crippen LogP contribution in [0.15, 0.2) is 66.7 Å². The number of nitrogens with zero attached hydrogens (tertiary/aromatic N) is 3. The fourth-order valence-electron chi connectivity index (χ4n) is 6.65. The van der Waals surface area contributed by atoms with Gasteiger partial charge in [-0.25, -0.2) is 14.6 Å². The van der Waals surface area contributed by atoms with Crippen molar-refractivity contribution in [3.63, 3.8) is 0 Å². The highest BCUT2D eigenvalue weighted by Crippen LogP contribution is 2.32. The highest BCUT2D eigenvalue weighted by atomic mass is 16.7. The molecule has 1 saturated carbocycles. The lowest BCUT2D eigenvalue weighted by Gasteiger charge is -2.25. The van der Waals surface area contributed by atoms with Gasteiger partial charge in [-0.05, 0) is 81.3 Å². The highest BCUT2D eigenvalue weighted by Gasteiger charge is 2.21. The lowest BCUT2D eigenvalue weighted by Crippen LogP contribution is -2.39. The first-order valence-corrected chi connectivity index (χ1v) is 17.7. The number of carbonyl (C=O) groups is 2. The van der Waals surface area contributed by atoms with E-state index in [2.05, 4.69) is 53.2 Å². The zero-order chi connectivity index (χ0) is 34.1. The van der Waals surface area contributed by atoms with Gasteiger partial charge in [0, 0.05) is 37.8 Å². The first-order valence-electron chi connectivity index (χ1n) is 17.7. The van der Waals surface area contributed by atoms with E-state index in [1.165, 1.54) is 38.5 Å². The van der Waals surface area contributed by atoms with E-state index < -0.39 is 11.8 Å². The predicted octanol–water partition coefficient (Wildman–Crippen LogP) is 9.91. The minimum absolute atomic E-state index is 0.0817. The normalized spacial score (nSPS) is 13.8. The van der Waals surface area contributed by atoms with Crippen molar-refractivity contribution in [2.24, 2.45) is 5.92 Å². The van der Waals surface area contributed by atoms with Crippen molar-refractivity contribution in [2.45, 2.75) is 104 Å². The number of aromatic nitrogens is 2. The Morgan fingerprint density at radius 3 is 2.44 bits per heavy atom. The molecule has 4 aromatic rings. The maximum Gasteiger partial charge on any atom is 0.514 e. The number of aryl methyl sites for hydroxylation is 1. The molecule has 48 heavy (non-hydrogen) atoms. The second-order valence-corrected chi connectivity index (χ2v) is 14.0. The summed E-state index contributed by atoms with van der Waals surface area (Å²) < 4.78 is 13.3. The third-order valence-electron chi connectivity index (χ3n) is 9.13. The Kier molecular flexibility index (Phi) is 11.8. The van der Waals surface area contributed by atoms with Gasteiger partial charge in [0.25, 0.3) is 0 Å². The number of amides is 2. The minimum atomic E-state index is -0.725. The lowest BCUT2D eigenvalue weighted by atomic mass is 9.86. The molecule has 8 heteroatoms. The van der Waals surface area contributed by atoms with Crippen molar-refractivity contribution in [1.82, 2.24) is 14.9 Å². The second kappa shape index (κ2) is 16.2. The van der Waals surface area contributed by atoms with E-state index in [-0.39, 0.29) is 6.03 Å². The van der Waals surface area contributed by atoms with E-state index in [0.717, 1.165) is 70.8 Å². The number of unbranched alkanes of at least 4 members (excludes halogenated alkanes) is 1. The first kappa shape index (κ1) is 35.0. The zero-order valence-corrected chi connectivity index (χ0v) is 29.4. The number of anilines is 1. The molecule has 1 aliphatic carbocycles. The van der Waals surface area contributed by atoms with Crippen LogP contribution in [0.5, 0.6) is 5.75 Å². The Morgan fingerprint density at radius 2 is 1.73 bits per heavy atom. The number of carbonyl (C=O) groups excluding carboxylic acids is 2. The number of hydrogen-bond donors (Lipinski definition) is 1. The monoisotopic (exact) mass is 652 g/mol. The number of hydrogen-bond acceptors (Lipinski definition) is 5. The van der Waals surface area contributed by atoms with Crippen molar-refractivity contribution in [3.05, 3.63) is 78.1 Å². The molecular formula is C40H52N4O4. The quantitative estimate of drug-likeness (QED) is 0.122. The Balaban J connectivity index is 1.39. The van der Waals surface area contributed by atoms with Crippen LogP contribution in [-0.4, -0.2) is 40.9 Å². The number of ether oxygens (including phenoxy) is 2. The summed E-state index contributed by atoms with van der Waals surface area (Å²) in [5.41, 5.74) is 5.10. The largest absolute Gasteiger partial charge is 0.514 e. The molecule has 0 saturated heterocycles. The van der Waals surface area contributed by atoms with Gasteiger partial charge in [-0.3, -0.25) is 4.90 Å². The smallest absolute Gasteiger partial charge is 0.428 e. The number of benzene rings is 3. The fourth-order valence-corrected chi connectivity index (χ4v) is 6.65. The van der Waals surface area contributed by atoms with E-state index in [1.807, 2.05) is 49.9 Å². The molecule has 0 aliphatic heterocycles. The molecule has 1 heterocycles. The van der Waals surface area contributed by atoms with Gasteiger partial charge >= 0.3 is 12.2 Å². The molecule has 8 nitrogen and oxygen atoms in total. The van der Waals surface area contributed by atoms with Crippen molar-refractivity contribution in [2.75, 3.05) is 18.5 Å². The number of rotatable bonds is 12. The summed E-state index contributed by atoms with van der Waals surface area (Å²) in [6.45, 7) is 8.98. The van der Waals surface area contributed by atoms with Gasteiger partial charge in [-0.15, -0.1) is 0 Å². The van der Waals surface area contributed by atoms with Crippen LogP contribution in [0.2, 0.25) is 0 Å². The Labute approximate surface area is 285 Å². The van der Waals surface area contributed by atoms with E-state index in [4.69, 9.17) is 14.5 Å². The van der Waals surface area contributed by atoms with E-state index in [0.29, 0.717) is 18.8 Å². The molecule has 5 rings (SSSR count). The van der Waals surface area contributed by atoms with Gasteiger partial charge in [0.15, 0.2) is 0 Å². The number of para-hydroxylation sites is 1. The van der Waals surface area contributed by atoms with E-state index in [1.54, 1.807) is 13.1 Å². The van der Waals surface area contributed by atoms with Gasteiger partial charge < -0.3 is 19.4 Å². The van der Waals surface area contributed by atoms with Crippen LogP contribution < -0.4 is 15.0 Å². The van der Waals surface area contributed by atoms with Crippen LogP contribution in [-0.2, 0) is 17.7 Å². The van der Waals surface area contributed by atoms with Crippen LogP contribution in [0.1, 0.15) is 96.9 Å². The van der Waals surface area contributed by atoms with Gasteiger partial charge in [-0.2, -0.15) is 0 Å². The van der Waals surface area contributed by atoms with Crippen LogP contribution in [0, 0.1) is 5.92 Å². The fraction of sp³-hybridized carbons (Fsp3) is 0.475. The maximum atomic E-state index is 13.1. The topological polar surface area (TPSA) is 85.7 Å². The molecule has 3 aromatic carbocycles. The summed E-state index contributed by atoms with van der Waals surface area (Å²) >= 11 is 0. The summed E-state index contributed by atoms with van der Waals surface area (Å²) in [5, 5.41) is 2.86. The molecule has 0 spiro atoms. The van der Waals surface area contributed by atoms with Crippen molar-refractivity contribution < 1.29 is 19.1 Å². The molecule has 1 fully saturated rings. The van der Waals surface area contributed by atoms with Gasteiger partial charge in [0.1, 0.15) is 17.2 Å². The Hall–Kier alpha value is -4.33. The van der Waals surface area contributed by atoms with E-state index in [9.17, 15) is 9.59 Å². The summed E-state index contributed by atoms with van der Waals surface area (Å²) in [7, 11) is 1.70. The molecule has 1 aliphatic rings. The van der Waals surface area contributed by atoms with Crippen LogP contribution >= 0.6 is 0 Å². The van der Waals surface area contributed by atoms with Crippen LogP contribution in [0.25, 0.3) is 22.2 Å². The molecular weight excluding hydrogens is 600 g/mol. The summed E-state index contributed by atoms with van der Waals surface area (Å²) in [5.74, 6) is 2.29. The van der Waals surface area contributed by atoms with Gasteiger partial charge in [0.2, 0.25) is 0 Å². The number of imidazole rings is 1. The van der Waals surface area contributed by atoms with Crippen LogP contribution in [0.3, 0.4) is 0 Å². The predicted molar refractivity (Wildman–Crippen MR) is 194 cm³/mol. The molecule has 0 unspecified atom stereocenters. The van der Waals surface area contributed by atoms with Crippen LogP contribution in [0.4, 0.5) is 15.3 Å². The van der Waals surface area contributed by atoms with Crippen molar-refractivity contribution in [1.29, 1.82) is 0 Å². The maximum absolute atomic E-state index is 13.1. The zero-order valence-electron chi connectivity index (χ0n) is 29.4. The minimum Gasteiger partial charge on any atom is -0.428 e. The lowest BCUT2D eigenvalue weighted by molar-refractivity contribution is 0.0207. The first-order chi connectivity index (χ1) is 23.1. The number of urea groups is 1. The molecule has 1 N–H and O–H groups in total. The number of fused-ring (bicyclic) bond motifs is 1. The standard InChI is InChI=1S/C40H52N4O4/c1-6-7-19-37-42-34-25-24-32(43(38(45)41-5)26-13-16-29-14-9-8-10-15-29)27-35(34)44(37)28-30-20-22-31(23-21-30)33-17-11-12-18-36(33)47-39(46)48-40(2,3)4/h11-12,17-18,20-25,27,29H,6-10,13-16,19,26,28H2,1-5H3,(H,41,45). The Bertz CT molecular complexity index is 1670. The highest BCUT2D eigenvalue weighted by molar-refractivity contribution is 5.94. The SMILES string of the molecule is CCCCc1nc2ccc(N(CCCC3CCCCC3)C(=O)NC)cc2n1Cc1ccc(-c2ccccc2OC(=O)OC(C)(C)C)cc1. The summed E-state index contributed by atoms with van der Waals surface area (Å²) in [6.07, 6.45) is 11.1. The molecule has 0 bridgehead atoms. The van der Waals surface area contributed by atoms with Crippen molar-refractivity contribution >= 4 is 28.9 Å². The van der Waals surface area contributed by atoms with Gasteiger partial charge in [0.05, 0.1) is 11.0 Å². The van der Waals surface area contributed by atoms with Gasteiger partial charge in [-0.1, -0.05) is 87.9 Å². The molecule has 256 valence electrons. The second-order valence-electron chi connectivity index (χ2n) is 14.0. The molecule has 0 atom stereocenters. The molecule has 1 aromatic heterocycles. The van der Waals surface area contributed by atoms with Crippen molar-refractivity contribution in [3.8, 4) is 16.9 Å². The Morgan fingerprint density at radius 1 is 0.979 bits per heavy atom.